The molecule has 5 rings (SSSR count). The van der Waals surface area contributed by atoms with Crippen LogP contribution < -0.4 is 10.1 Å². The number of hydrogen-bond acceptors (Lipinski definition) is 6. The zero-order chi connectivity index (χ0) is 26.8. The van der Waals surface area contributed by atoms with Gasteiger partial charge in [-0.1, -0.05) is 47.7 Å². The molecule has 8 heteroatoms. The van der Waals surface area contributed by atoms with Crippen LogP contribution in [0.15, 0.2) is 76.8 Å². The van der Waals surface area contributed by atoms with Crippen LogP contribution in [0.1, 0.15) is 46.7 Å². The lowest BCUT2D eigenvalue weighted by Crippen LogP contribution is -2.25. The number of ether oxygens (including phenoxy) is 1. The quantitative estimate of drug-likeness (QED) is 0.439. The number of anilines is 1. The van der Waals surface area contributed by atoms with Crippen LogP contribution in [0.4, 0.5) is 5.69 Å². The lowest BCUT2D eigenvalue weighted by atomic mass is 9.98. The number of hydrazone groups is 1. The molecule has 38 heavy (non-hydrogen) atoms. The summed E-state index contributed by atoms with van der Waals surface area (Å²) >= 11 is 1.30. The van der Waals surface area contributed by atoms with Gasteiger partial charge in [-0.25, -0.2) is 5.01 Å². The first-order chi connectivity index (χ1) is 18.3. The molecular weight excluding hydrogens is 496 g/mol. The van der Waals surface area contributed by atoms with Crippen LogP contribution in [0.3, 0.4) is 0 Å². The van der Waals surface area contributed by atoms with Crippen LogP contribution >= 0.6 is 11.8 Å². The Hall–Kier alpha value is -3.91. The second kappa shape index (κ2) is 10.8. The van der Waals surface area contributed by atoms with Gasteiger partial charge in [0.1, 0.15) is 11.0 Å². The monoisotopic (exact) mass is 526 g/mol. The molecule has 0 saturated carbocycles. The Morgan fingerprint density at radius 2 is 1.68 bits per heavy atom. The Morgan fingerprint density at radius 1 is 1.00 bits per heavy atom. The summed E-state index contributed by atoms with van der Waals surface area (Å²) < 4.78 is 5.30. The fraction of sp³-hybridized carbons (Fsp3) is 0.267. The van der Waals surface area contributed by atoms with Crippen LogP contribution in [0.2, 0.25) is 0 Å². The number of aryl methyl sites for hydroxylation is 3. The third-order valence-corrected chi connectivity index (χ3v) is 7.74. The molecular formula is C30H30N4O3S. The fourth-order valence-corrected chi connectivity index (χ4v) is 5.79. The number of thioether (sulfide) groups is 1. The number of amidine groups is 1. The average molecular weight is 527 g/mol. The number of nitrogens with one attached hydrogen (secondary N) is 1. The van der Waals surface area contributed by atoms with Crippen LogP contribution in [-0.4, -0.2) is 40.1 Å². The topological polar surface area (TPSA) is 83.4 Å². The molecule has 2 aliphatic rings. The smallest absolute Gasteiger partial charge is 0.262 e. The van der Waals surface area contributed by atoms with Gasteiger partial charge in [0.05, 0.1) is 18.9 Å². The molecule has 194 valence electrons. The van der Waals surface area contributed by atoms with E-state index in [0.717, 1.165) is 39.4 Å². The molecule has 2 heterocycles. The molecule has 0 unspecified atom stereocenters. The van der Waals surface area contributed by atoms with Crippen molar-refractivity contribution in [3.8, 4) is 5.75 Å². The Labute approximate surface area is 227 Å². The summed E-state index contributed by atoms with van der Waals surface area (Å²) in [5.74, 6) is 0.259. The van der Waals surface area contributed by atoms with Crippen molar-refractivity contribution in [2.45, 2.75) is 44.9 Å². The molecule has 0 aliphatic carbocycles. The summed E-state index contributed by atoms with van der Waals surface area (Å²) in [6.07, 6.45) is 0.711. The van der Waals surface area contributed by atoms with Gasteiger partial charge in [0, 0.05) is 18.5 Å². The lowest BCUT2D eigenvalue weighted by molar-refractivity contribution is -0.121. The van der Waals surface area contributed by atoms with Crippen LogP contribution in [-0.2, 0) is 9.59 Å². The highest BCUT2D eigenvalue weighted by Gasteiger charge is 2.39. The van der Waals surface area contributed by atoms with E-state index in [1.165, 1.54) is 17.3 Å². The van der Waals surface area contributed by atoms with Gasteiger partial charge in [-0.15, -0.1) is 0 Å². The Bertz CT molecular complexity index is 1410. The molecule has 0 radical (unpaired) electrons. The van der Waals surface area contributed by atoms with Gasteiger partial charge in [-0.2, -0.15) is 10.1 Å². The fourth-order valence-electron chi connectivity index (χ4n) is 4.72. The average Bonchev–Trinajstić information content (AvgIpc) is 3.48. The Kier molecular flexibility index (Phi) is 7.33. The molecule has 2 amide bonds. The summed E-state index contributed by atoms with van der Waals surface area (Å²) in [6.45, 7) is 6.03. The Morgan fingerprint density at radius 3 is 2.34 bits per heavy atom. The predicted molar refractivity (Wildman–Crippen MR) is 153 cm³/mol. The van der Waals surface area contributed by atoms with Gasteiger partial charge in [-0.3, -0.25) is 9.59 Å². The highest BCUT2D eigenvalue weighted by atomic mass is 32.2. The normalized spacial score (nSPS) is 18.8. The standard InChI is InChI=1S/C30H30N4O3S/c1-18-5-7-22(8-6-18)26-16-25(21-9-11-24(37-4)12-10-21)33-34(26)30-32-29(36)27(38-30)17-28(35)31-23-14-19(2)13-20(3)15-23/h5-15,26-27H,16-17H2,1-4H3,(H,31,35)/t26-,27+/m0/s1. The van der Waals surface area contributed by atoms with Crippen LogP contribution in [0.5, 0.6) is 5.75 Å². The number of rotatable bonds is 6. The number of methoxy groups -OCH3 is 1. The lowest BCUT2D eigenvalue weighted by Gasteiger charge is -2.23. The highest BCUT2D eigenvalue weighted by molar-refractivity contribution is 8.15. The number of aliphatic imine (C=N–C) groups is 1. The van der Waals surface area contributed by atoms with E-state index in [9.17, 15) is 9.59 Å². The maximum absolute atomic E-state index is 12.9. The van der Waals surface area contributed by atoms with E-state index in [-0.39, 0.29) is 24.3 Å². The van der Waals surface area contributed by atoms with E-state index in [2.05, 4.69) is 41.5 Å². The molecule has 0 fully saturated rings. The zero-order valence-electron chi connectivity index (χ0n) is 21.9. The number of hydrogen-bond donors (Lipinski definition) is 1. The SMILES string of the molecule is COc1ccc(C2=NN(C3=NC(=O)[C@@H](CC(=O)Nc4cc(C)cc(C)c4)S3)[C@H](c3ccc(C)cc3)C2)cc1. The second-order valence-electron chi connectivity index (χ2n) is 9.72. The summed E-state index contributed by atoms with van der Waals surface area (Å²) in [5, 5.41) is 9.62. The van der Waals surface area contributed by atoms with Gasteiger partial charge in [0.15, 0.2) is 5.17 Å². The summed E-state index contributed by atoms with van der Waals surface area (Å²) in [7, 11) is 1.64. The molecule has 2 atom stereocenters. The minimum Gasteiger partial charge on any atom is -0.497 e. The van der Waals surface area contributed by atoms with E-state index >= 15 is 0 Å². The van der Waals surface area contributed by atoms with Crippen molar-refractivity contribution in [3.05, 3.63) is 94.5 Å². The van der Waals surface area contributed by atoms with E-state index in [1.807, 2.05) is 61.3 Å². The van der Waals surface area contributed by atoms with Crippen molar-refractivity contribution in [3.63, 3.8) is 0 Å². The number of amides is 2. The third kappa shape index (κ3) is 5.65. The van der Waals surface area contributed by atoms with E-state index < -0.39 is 5.25 Å². The minimum atomic E-state index is -0.588. The first-order valence-electron chi connectivity index (χ1n) is 12.5. The maximum atomic E-state index is 12.9. The van der Waals surface area contributed by atoms with Gasteiger partial charge >= 0.3 is 0 Å². The first-order valence-corrected chi connectivity index (χ1v) is 13.4. The largest absolute Gasteiger partial charge is 0.497 e. The predicted octanol–water partition coefficient (Wildman–Crippen LogP) is 5.80. The van der Waals surface area contributed by atoms with Crippen molar-refractivity contribution in [1.29, 1.82) is 0 Å². The molecule has 3 aromatic rings. The maximum Gasteiger partial charge on any atom is 0.262 e. The van der Waals surface area contributed by atoms with Crippen molar-refractivity contribution >= 4 is 40.1 Å². The highest BCUT2D eigenvalue weighted by Crippen LogP contribution is 2.39. The Balaban J connectivity index is 1.35. The first kappa shape index (κ1) is 25.7. The van der Waals surface area contributed by atoms with Crippen molar-refractivity contribution in [1.82, 2.24) is 5.01 Å². The van der Waals surface area contributed by atoms with Gasteiger partial charge in [-0.05, 0) is 79.4 Å². The molecule has 2 aliphatic heterocycles. The molecule has 7 nitrogen and oxygen atoms in total. The molecule has 0 aromatic heterocycles. The van der Waals surface area contributed by atoms with Crippen molar-refractivity contribution < 1.29 is 14.3 Å². The van der Waals surface area contributed by atoms with Crippen molar-refractivity contribution in [2.75, 3.05) is 12.4 Å². The molecule has 0 bridgehead atoms. The van der Waals surface area contributed by atoms with Crippen molar-refractivity contribution in [2.24, 2.45) is 10.1 Å². The van der Waals surface area contributed by atoms with E-state index in [4.69, 9.17) is 9.84 Å². The van der Waals surface area contributed by atoms with E-state index in [1.54, 1.807) is 7.11 Å². The van der Waals surface area contributed by atoms with E-state index in [0.29, 0.717) is 11.6 Å². The summed E-state index contributed by atoms with van der Waals surface area (Å²) in [6, 6.07) is 21.9. The number of benzene rings is 3. The van der Waals surface area contributed by atoms with Gasteiger partial charge in [0.25, 0.3) is 5.91 Å². The second-order valence-corrected chi connectivity index (χ2v) is 10.9. The zero-order valence-corrected chi connectivity index (χ0v) is 22.7. The number of nitrogens with zero attached hydrogens (tertiary/aromatic N) is 3. The molecule has 0 saturated heterocycles. The molecule has 1 N–H and O–H groups in total. The summed E-state index contributed by atoms with van der Waals surface area (Å²) in [5.41, 5.74) is 7.03. The van der Waals surface area contributed by atoms with Crippen LogP contribution in [0.25, 0.3) is 0 Å². The minimum absolute atomic E-state index is 0.0432. The molecule has 0 spiro atoms. The van der Waals surface area contributed by atoms with Gasteiger partial charge in [0.2, 0.25) is 5.91 Å². The summed E-state index contributed by atoms with van der Waals surface area (Å²) in [4.78, 5) is 30.0. The van der Waals surface area contributed by atoms with Gasteiger partial charge < -0.3 is 10.1 Å². The molecule has 3 aromatic carbocycles. The van der Waals surface area contributed by atoms with Crippen LogP contribution in [0, 0.1) is 20.8 Å². The number of carbonyl (C=O) groups is 2. The number of carbonyl (C=O) groups excluding carboxylic acids is 2. The third-order valence-electron chi connectivity index (χ3n) is 6.60.